The highest BCUT2D eigenvalue weighted by Crippen LogP contribution is 2.34. The second kappa shape index (κ2) is 8.75. The minimum absolute atomic E-state index is 0.225. The largest absolute Gasteiger partial charge is 0.481 e. The van der Waals surface area contributed by atoms with Crippen LogP contribution in [0.25, 0.3) is 6.08 Å². The maximum Gasteiger partial charge on any atom is 0.343 e. The molecule has 6 nitrogen and oxygen atoms in total. The van der Waals surface area contributed by atoms with Crippen LogP contribution in [0, 0.1) is 6.92 Å². The van der Waals surface area contributed by atoms with E-state index < -0.39 is 5.97 Å². The van der Waals surface area contributed by atoms with Gasteiger partial charge in [0.1, 0.15) is 5.75 Å². The first-order valence-corrected chi connectivity index (χ1v) is 9.39. The van der Waals surface area contributed by atoms with Gasteiger partial charge in [0.25, 0.3) is 11.1 Å². The van der Waals surface area contributed by atoms with Gasteiger partial charge in [0.15, 0.2) is 6.61 Å². The van der Waals surface area contributed by atoms with E-state index in [2.05, 4.69) is 4.74 Å². The number of imide groups is 1. The van der Waals surface area contributed by atoms with Crippen LogP contribution >= 0.6 is 11.8 Å². The summed E-state index contributed by atoms with van der Waals surface area (Å²) in [5, 5.41) is -0.315. The highest BCUT2D eigenvalue weighted by Gasteiger charge is 2.35. The molecule has 0 unspecified atom stereocenters. The molecular weight excluding hydrogens is 378 g/mol. The van der Waals surface area contributed by atoms with E-state index in [1.165, 1.54) is 12.0 Å². The molecule has 2 amide bonds. The van der Waals surface area contributed by atoms with Gasteiger partial charge >= 0.3 is 5.97 Å². The molecule has 7 heteroatoms. The zero-order chi connectivity index (χ0) is 20.1. The summed E-state index contributed by atoms with van der Waals surface area (Å²) >= 11 is 0.888. The maximum atomic E-state index is 12.7. The molecule has 0 saturated carbocycles. The quantitative estimate of drug-likeness (QED) is 0.546. The first-order chi connectivity index (χ1) is 13.5. The lowest BCUT2D eigenvalue weighted by molar-refractivity contribution is -0.142. The van der Waals surface area contributed by atoms with Gasteiger partial charge in [0, 0.05) is 5.56 Å². The lowest BCUT2D eigenvalue weighted by atomic mass is 10.1. The van der Waals surface area contributed by atoms with Crippen LogP contribution < -0.4 is 4.74 Å². The van der Waals surface area contributed by atoms with Crippen LogP contribution in [0.1, 0.15) is 16.7 Å². The molecular formula is C21H19NO5S. The summed E-state index contributed by atoms with van der Waals surface area (Å²) < 4.78 is 10.0. The molecule has 1 saturated heterocycles. The van der Waals surface area contributed by atoms with E-state index in [4.69, 9.17) is 4.74 Å². The molecule has 0 atom stereocenters. The van der Waals surface area contributed by atoms with Crippen molar-refractivity contribution < 1.29 is 23.9 Å². The van der Waals surface area contributed by atoms with Gasteiger partial charge < -0.3 is 9.47 Å². The van der Waals surface area contributed by atoms with E-state index in [9.17, 15) is 14.4 Å². The normalized spacial score (nSPS) is 15.2. The van der Waals surface area contributed by atoms with E-state index in [1.54, 1.807) is 30.3 Å². The standard InChI is InChI=1S/C21H19NO5S/c1-14-7-9-15(10-8-14)12-22-20(24)18(28-21(22)25)11-16-5-3-4-6-17(16)27-13-19(23)26-2/h3-11H,12-13H2,1-2H3/b18-11-. The Morgan fingerprint density at radius 2 is 1.82 bits per heavy atom. The van der Waals surface area contributed by atoms with Crippen molar-refractivity contribution in [2.75, 3.05) is 13.7 Å². The second-order valence-corrected chi connectivity index (χ2v) is 7.15. The Bertz CT molecular complexity index is 936. The summed E-state index contributed by atoms with van der Waals surface area (Å²) in [5.74, 6) is -0.426. The number of thioether (sulfide) groups is 1. The molecule has 2 aromatic carbocycles. The number of esters is 1. The zero-order valence-corrected chi connectivity index (χ0v) is 16.3. The fourth-order valence-corrected chi connectivity index (χ4v) is 3.41. The topological polar surface area (TPSA) is 72.9 Å². The Balaban J connectivity index is 1.78. The van der Waals surface area contributed by atoms with Crippen LogP contribution in [0.3, 0.4) is 0 Å². The van der Waals surface area contributed by atoms with E-state index in [0.29, 0.717) is 16.2 Å². The zero-order valence-electron chi connectivity index (χ0n) is 15.5. The number of carbonyl (C=O) groups is 3. The summed E-state index contributed by atoms with van der Waals surface area (Å²) in [6.45, 7) is 1.96. The number of rotatable bonds is 6. The number of amides is 2. The van der Waals surface area contributed by atoms with Crippen molar-refractivity contribution in [3.8, 4) is 5.75 Å². The molecule has 1 aliphatic heterocycles. The molecule has 1 heterocycles. The SMILES string of the molecule is COC(=O)COc1ccccc1/C=C1\SC(=O)N(Cc2ccc(C)cc2)C1=O. The van der Waals surface area contributed by atoms with Gasteiger partial charge in [-0.05, 0) is 36.4 Å². The van der Waals surface area contributed by atoms with Crippen molar-refractivity contribution in [3.05, 3.63) is 70.1 Å². The molecule has 144 valence electrons. The average Bonchev–Trinajstić information content (AvgIpc) is 2.96. The summed E-state index contributed by atoms with van der Waals surface area (Å²) in [4.78, 5) is 37.9. The molecule has 0 spiro atoms. The minimum atomic E-state index is -0.506. The van der Waals surface area contributed by atoms with Crippen molar-refractivity contribution in [1.82, 2.24) is 4.90 Å². The molecule has 3 rings (SSSR count). The number of ether oxygens (including phenoxy) is 2. The monoisotopic (exact) mass is 397 g/mol. The van der Waals surface area contributed by atoms with Crippen LogP contribution in [0.5, 0.6) is 5.75 Å². The van der Waals surface area contributed by atoms with E-state index in [-0.39, 0.29) is 24.3 Å². The summed E-state index contributed by atoms with van der Waals surface area (Å²) in [5.41, 5.74) is 2.60. The first-order valence-electron chi connectivity index (χ1n) is 8.57. The molecule has 28 heavy (non-hydrogen) atoms. The Labute approximate surface area is 167 Å². The summed E-state index contributed by atoms with van der Waals surface area (Å²) in [7, 11) is 1.28. The van der Waals surface area contributed by atoms with Crippen molar-refractivity contribution >= 4 is 35.0 Å². The summed E-state index contributed by atoms with van der Waals surface area (Å²) in [6.07, 6.45) is 1.60. The Morgan fingerprint density at radius 3 is 2.54 bits per heavy atom. The van der Waals surface area contributed by atoms with Crippen molar-refractivity contribution in [2.45, 2.75) is 13.5 Å². The van der Waals surface area contributed by atoms with Gasteiger partial charge in [0.05, 0.1) is 18.6 Å². The second-order valence-electron chi connectivity index (χ2n) is 6.16. The number of aryl methyl sites for hydroxylation is 1. The Kier molecular flexibility index (Phi) is 6.16. The lowest BCUT2D eigenvalue weighted by Gasteiger charge is -2.12. The van der Waals surface area contributed by atoms with Gasteiger partial charge in [-0.1, -0.05) is 48.0 Å². The molecule has 0 bridgehead atoms. The molecule has 0 N–H and O–H groups in total. The molecule has 1 aliphatic rings. The third kappa shape index (κ3) is 4.61. The molecule has 2 aromatic rings. The Hall–Kier alpha value is -3.06. The van der Waals surface area contributed by atoms with Gasteiger partial charge in [-0.25, -0.2) is 4.79 Å². The van der Waals surface area contributed by atoms with Gasteiger partial charge in [-0.15, -0.1) is 0 Å². The van der Waals surface area contributed by atoms with Gasteiger partial charge in [-0.2, -0.15) is 0 Å². The smallest absolute Gasteiger partial charge is 0.343 e. The Morgan fingerprint density at radius 1 is 1.11 bits per heavy atom. The van der Waals surface area contributed by atoms with Crippen molar-refractivity contribution in [3.63, 3.8) is 0 Å². The lowest BCUT2D eigenvalue weighted by Crippen LogP contribution is -2.27. The minimum Gasteiger partial charge on any atom is -0.481 e. The van der Waals surface area contributed by atoms with Crippen LogP contribution in [0.4, 0.5) is 4.79 Å². The predicted octanol–water partition coefficient (Wildman–Crippen LogP) is 3.78. The van der Waals surface area contributed by atoms with Crippen LogP contribution in [0.15, 0.2) is 53.4 Å². The fraction of sp³-hybridized carbons (Fsp3) is 0.190. The van der Waals surface area contributed by atoms with E-state index in [0.717, 1.165) is 22.9 Å². The average molecular weight is 397 g/mol. The molecule has 0 aliphatic carbocycles. The number of carbonyl (C=O) groups excluding carboxylic acids is 3. The third-order valence-electron chi connectivity index (χ3n) is 4.11. The predicted molar refractivity (Wildman–Crippen MR) is 107 cm³/mol. The number of hydrogen-bond acceptors (Lipinski definition) is 6. The maximum absolute atomic E-state index is 12.7. The number of nitrogens with zero attached hydrogens (tertiary/aromatic N) is 1. The molecule has 0 radical (unpaired) electrons. The number of hydrogen-bond donors (Lipinski definition) is 0. The van der Waals surface area contributed by atoms with Gasteiger partial charge in [-0.3, -0.25) is 14.5 Å². The highest BCUT2D eigenvalue weighted by molar-refractivity contribution is 8.18. The number of benzene rings is 2. The molecule has 1 fully saturated rings. The highest BCUT2D eigenvalue weighted by atomic mass is 32.2. The van der Waals surface area contributed by atoms with Crippen LogP contribution in [0.2, 0.25) is 0 Å². The summed E-state index contributed by atoms with van der Waals surface area (Å²) in [6, 6.07) is 14.7. The van der Waals surface area contributed by atoms with E-state index >= 15 is 0 Å². The van der Waals surface area contributed by atoms with Gasteiger partial charge in [0.2, 0.25) is 0 Å². The fourth-order valence-electron chi connectivity index (χ4n) is 2.58. The first kappa shape index (κ1) is 19.7. The van der Waals surface area contributed by atoms with Crippen LogP contribution in [-0.4, -0.2) is 35.7 Å². The third-order valence-corrected chi connectivity index (χ3v) is 5.02. The van der Waals surface area contributed by atoms with Crippen molar-refractivity contribution in [1.29, 1.82) is 0 Å². The van der Waals surface area contributed by atoms with E-state index in [1.807, 2.05) is 31.2 Å². The van der Waals surface area contributed by atoms with Crippen LogP contribution in [-0.2, 0) is 20.9 Å². The van der Waals surface area contributed by atoms with Crippen molar-refractivity contribution in [2.24, 2.45) is 0 Å². The number of para-hydroxylation sites is 1. The molecule has 0 aromatic heterocycles. The number of methoxy groups -OCH3 is 1.